The van der Waals surface area contributed by atoms with Crippen LogP contribution in [0, 0.1) is 0 Å². The van der Waals surface area contributed by atoms with E-state index in [2.05, 4.69) is 0 Å². The molecule has 0 saturated carbocycles. The number of nitrogens with zero attached hydrogens (tertiary/aromatic N) is 1. The Morgan fingerprint density at radius 1 is 0.688 bits per heavy atom. The molecule has 2 atom stereocenters. The fourth-order valence-electron chi connectivity index (χ4n) is 2.15. The minimum atomic E-state index is -0.108. The summed E-state index contributed by atoms with van der Waals surface area (Å²) in [4.78, 5) is 0. The van der Waals surface area contributed by atoms with Crippen molar-refractivity contribution < 1.29 is 4.48 Å². The number of rotatable bonds is 2. The van der Waals surface area contributed by atoms with Crippen molar-refractivity contribution in [3.63, 3.8) is 0 Å². The molecular formula is C14H12FN. The molecule has 0 bridgehead atoms. The van der Waals surface area contributed by atoms with Crippen molar-refractivity contribution in [1.82, 2.24) is 5.12 Å². The normalized spacial score (nSPS) is 27.7. The van der Waals surface area contributed by atoms with Crippen LogP contribution < -0.4 is 0 Å². The van der Waals surface area contributed by atoms with Gasteiger partial charge < -0.3 is 0 Å². The van der Waals surface area contributed by atoms with Crippen molar-refractivity contribution >= 4 is 0 Å². The average molecular weight is 213 g/mol. The maximum absolute atomic E-state index is 13.6. The molecule has 80 valence electrons. The molecule has 3 rings (SSSR count). The minimum absolute atomic E-state index is 0.108. The molecule has 2 aromatic rings. The SMILES string of the molecule is FN1C(c2ccccc2)C1c1ccccc1. The van der Waals surface area contributed by atoms with Gasteiger partial charge in [0.25, 0.3) is 0 Å². The zero-order valence-corrected chi connectivity index (χ0v) is 8.75. The van der Waals surface area contributed by atoms with Crippen LogP contribution in [-0.4, -0.2) is 5.12 Å². The molecule has 1 aliphatic rings. The van der Waals surface area contributed by atoms with Crippen LogP contribution in [0.2, 0.25) is 0 Å². The Kier molecular flexibility index (Phi) is 2.22. The Labute approximate surface area is 94.1 Å². The molecular weight excluding hydrogens is 201 g/mol. The van der Waals surface area contributed by atoms with E-state index in [1.807, 2.05) is 60.7 Å². The second-order valence-electron chi connectivity index (χ2n) is 4.06. The van der Waals surface area contributed by atoms with E-state index in [0.717, 1.165) is 16.2 Å². The van der Waals surface area contributed by atoms with Gasteiger partial charge in [-0.25, -0.2) is 0 Å². The monoisotopic (exact) mass is 213 g/mol. The van der Waals surface area contributed by atoms with Gasteiger partial charge in [-0.2, -0.15) is 0 Å². The topological polar surface area (TPSA) is 3.01 Å². The van der Waals surface area contributed by atoms with E-state index in [4.69, 9.17) is 0 Å². The lowest BCUT2D eigenvalue weighted by Gasteiger charge is -1.96. The summed E-state index contributed by atoms with van der Waals surface area (Å²) in [6.07, 6.45) is 0. The lowest BCUT2D eigenvalue weighted by molar-refractivity contribution is 0.150. The van der Waals surface area contributed by atoms with Crippen LogP contribution >= 0.6 is 0 Å². The van der Waals surface area contributed by atoms with E-state index in [-0.39, 0.29) is 12.1 Å². The average Bonchev–Trinajstić information content (AvgIpc) is 3.03. The van der Waals surface area contributed by atoms with Gasteiger partial charge in [0.05, 0.1) is 12.1 Å². The highest BCUT2D eigenvalue weighted by atomic mass is 19.2. The molecule has 2 heteroatoms. The predicted octanol–water partition coefficient (Wildman–Crippen LogP) is 3.67. The highest BCUT2D eigenvalue weighted by Crippen LogP contribution is 2.54. The van der Waals surface area contributed by atoms with Gasteiger partial charge in [-0.15, -0.1) is 9.60 Å². The van der Waals surface area contributed by atoms with E-state index in [1.54, 1.807) is 0 Å². The Morgan fingerprint density at radius 3 is 1.44 bits per heavy atom. The first-order valence-electron chi connectivity index (χ1n) is 5.42. The van der Waals surface area contributed by atoms with Gasteiger partial charge in [-0.3, -0.25) is 0 Å². The largest absolute Gasteiger partial charge is 0.133 e. The summed E-state index contributed by atoms with van der Waals surface area (Å²) in [5.41, 5.74) is 2.08. The van der Waals surface area contributed by atoms with Crippen molar-refractivity contribution in [3.05, 3.63) is 71.8 Å². The Morgan fingerprint density at radius 2 is 1.06 bits per heavy atom. The number of halogens is 1. The van der Waals surface area contributed by atoms with Crippen LogP contribution in [0.25, 0.3) is 0 Å². The van der Waals surface area contributed by atoms with E-state index >= 15 is 0 Å². The van der Waals surface area contributed by atoms with E-state index in [1.165, 1.54) is 0 Å². The van der Waals surface area contributed by atoms with Gasteiger partial charge in [0.1, 0.15) is 0 Å². The molecule has 1 aliphatic heterocycles. The zero-order chi connectivity index (χ0) is 11.0. The minimum Gasteiger partial charge on any atom is -0.133 e. The zero-order valence-electron chi connectivity index (χ0n) is 8.75. The van der Waals surface area contributed by atoms with Crippen LogP contribution in [0.4, 0.5) is 4.48 Å². The molecule has 0 radical (unpaired) electrons. The predicted molar refractivity (Wildman–Crippen MR) is 61.3 cm³/mol. The highest BCUT2D eigenvalue weighted by molar-refractivity contribution is 5.33. The van der Waals surface area contributed by atoms with Crippen molar-refractivity contribution in [3.8, 4) is 0 Å². The van der Waals surface area contributed by atoms with Crippen LogP contribution in [0.5, 0.6) is 0 Å². The van der Waals surface area contributed by atoms with Crippen molar-refractivity contribution in [2.45, 2.75) is 12.1 Å². The molecule has 0 aromatic heterocycles. The van der Waals surface area contributed by atoms with Crippen molar-refractivity contribution in [2.75, 3.05) is 0 Å². The molecule has 1 saturated heterocycles. The quantitative estimate of drug-likeness (QED) is 0.543. The first-order valence-corrected chi connectivity index (χ1v) is 5.42. The fraction of sp³-hybridized carbons (Fsp3) is 0.143. The van der Waals surface area contributed by atoms with Crippen LogP contribution in [-0.2, 0) is 0 Å². The summed E-state index contributed by atoms with van der Waals surface area (Å²) in [5.74, 6) is 0. The second kappa shape index (κ2) is 3.72. The van der Waals surface area contributed by atoms with Gasteiger partial charge in [-0.1, -0.05) is 60.7 Å². The first kappa shape index (κ1) is 9.55. The molecule has 1 nitrogen and oxygen atoms in total. The number of hydrogen-bond acceptors (Lipinski definition) is 1. The van der Waals surface area contributed by atoms with E-state index in [9.17, 15) is 4.48 Å². The Balaban J connectivity index is 1.87. The summed E-state index contributed by atoms with van der Waals surface area (Å²) < 4.78 is 13.6. The summed E-state index contributed by atoms with van der Waals surface area (Å²) in [6.45, 7) is 0. The lowest BCUT2D eigenvalue weighted by Crippen LogP contribution is -1.82. The first-order chi connectivity index (χ1) is 7.88. The number of benzene rings is 2. The van der Waals surface area contributed by atoms with E-state index in [0.29, 0.717) is 0 Å². The van der Waals surface area contributed by atoms with Crippen LogP contribution in [0.3, 0.4) is 0 Å². The molecule has 0 N–H and O–H groups in total. The van der Waals surface area contributed by atoms with Crippen LogP contribution in [0.15, 0.2) is 60.7 Å². The summed E-state index contributed by atoms with van der Waals surface area (Å²) in [5, 5.41) is 0.907. The van der Waals surface area contributed by atoms with Gasteiger partial charge in [0.2, 0.25) is 0 Å². The highest BCUT2D eigenvalue weighted by Gasteiger charge is 2.50. The lowest BCUT2D eigenvalue weighted by atomic mass is 10.0. The second-order valence-corrected chi connectivity index (χ2v) is 4.06. The van der Waals surface area contributed by atoms with Crippen molar-refractivity contribution in [2.24, 2.45) is 0 Å². The third kappa shape index (κ3) is 1.51. The van der Waals surface area contributed by atoms with E-state index < -0.39 is 0 Å². The maximum atomic E-state index is 13.6. The fourth-order valence-corrected chi connectivity index (χ4v) is 2.15. The third-order valence-electron chi connectivity index (χ3n) is 3.02. The molecule has 16 heavy (non-hydrogen) atoms. The van der Waals surface area contributed by atoms with Crippen LogP contribution in [0.1, 0.15) is 23.2 Å². The summed E-state index contributed by atoms with van der Waals surface area (Å²) in [7, 11) is 0. The molecule has 2 aromatic carbocycles. The van der Waals surface area contributed by atoms with Gasteiger partial charge in [-0.05, 0) is 11.1 Å². The molecule has 1 heterocycles. The molecule has 0 amide bonds. The van der Waals surface area contributed by atoms with Gasteiger partial charge in [0.15, 0.2) is 0 Å². The third-order valence-corrected chi connectivity index (χ3v) is 3.02. The standard InChI is InChI=1S/C14H12FN/c15-16-13(11-7-3-1-4-8-11)14(16)12-9-5-2-6-10-12/h1-10,13-14H. The molecule has 2 unspecified atom stereocenters. The van der Waals surface area contributed by atoms with Crippen molar-refractivity contribution in [1.29, 1.82) is 0 Å². The molecule has 1 fully saturated rings. The molecule has 0 spiro atoms. The smallest absolute Gasteiger partial charge is 0.0882 e. The van der Waals surface area contributed by atoms with Gasteiger partial charge in [0, 0.05) is 0 Å². The molecule has 0 aliphatic carbocycles. The maximum Gasteiger partial charge on any atom is 0.0882 e. The van der Waals surface area contributed by atoms with Gasteiger partial charge >= 0.3 is 0 Å². The Hall–Kier alpha value is -1.67. The number of hydrogen-bond donors (Lipinski definition) is 0. The summed E-state index contributed by atoms with van der Waals surface area (Å²) >= 11 is 0. The Bertz CT molecular complexity index is 423. The summed E-state index contributed by atoms with van der Waals surface area (Å²) in [6, 6.07) is 19.4.